The Bertz CT molecular complexity index is 437. The van der Waals surface area contributed by atoms with E-state index in [1.807, 2.05) is 0 Å². The Morgan fingerprint density at radius 2 is 1.86 bits per heavy atom. The number of hydrogen-bond donors (Lipinski definition) is 1. The van der Waals surface area contributed by atoms with E-state index < -0.39 is 0 Å². The van der Waals surface area contributed by atoms with Crippen LogP contribution >= 0.6 is 0 Å². The van der Waals surface area contributed by atoms with Crippen LogP contribution in [0, 0.1) is 11.8 Å². The number of nitrogens with one attached hydrogen (secondary N) is 1. The minimum absolute atomic E-state index is 0.493. The third kappa shape index (κ3) is 3.79. The molecule has 2 fully saturated rings. The van der Waals surface area contributed by atoms with Gasteiger partial charge in [-0.25, -0.2) is 0 Å². The minimum Gasteiger partial charge on any atom is -0.490 e. The highest BCUT2D eigenvalue weighted by atomic mass is 16.5. The summed E-state index contributed by atoms with van der Waals surface area (Å²) in [4.78, 5) is 0. The zero-order valence-electron chi connectivity index (χ0n) is 13.5. The topological polar surface area (TPSA) is 21.3 Å². The monoisotopic (exact) mass is 287 g/mol. The number of benzene rings is 1. The maximum absolute atomic E-state index is 5.87. The van der Waals surface area contributed by atoms with Gasteiger partial charge < -0.3 is 10.1 Å². The largest absolute Gasteiger partial charge is 0.490 e. The molecule has 2 aliphatic rings. The van der Waals surface area contributed by atoms with Crippen LogP contribution in [-0.2, 0) is 0 Å². The summed E-state index contributed by atoms with van der Waals surface area (Å²) in [6.07, 6.45) is 8.40. The van der Waals surface area contributed by atoms with Crippen LogP contribution in [-0.4, -0.2) is 19.7 Å². The van der Waals surface area contributed by atoms with Crippen molar-refractivity contribution >= 4 is 0 Å². The van der Waals surface area contributed by atoms with Gasteiger partial charge >= 0.3 is 0 Å². The van der Waals surface area contributed by atoms with Crippen LogP contribution in [0.5, 0.6) is 5.75 Å². The molecular weight excluding hydrogens is 258 g/mol. The normalized spacial score (nSPS) is 29.3. The van der Waals surface area contributed by atoms with Gasteiger partial charge in [-0.15, -0.1) is 0 Å². The molecule has 3 atom stereocenters. The molecule has 1 aromatic rings. The van der Waals surface area contributed by atoms with Gasteiger partial charge in [-0.05, 0) is 74.7 Å². The molecule has 0 saturated heterocycles. The quantitative estimate of drug-likeness (QED) is 0.839. The van der Waals surface area contributed by atoms with Gasteiger partial charge in [0.1, 0.15) is 5.75 Å². The van der Waals surface area contributed by atoms with Gasteiger partial charge in [0.25, 0.3) is 0 Å². The summed E-state index contributed by atoms with van der Waals surface area (Å²) in [6.45, 7) is 3.48. The van der Waals surface area contributed by atoms with E-state index in [0.717, 1.165) is 24.1 Å². The number of hydrogen-bond acceptors (Lipinski definition) is 2. The molecule has 0 bridgehead atoms. The van der Waals surface area contributed by atoms with Gasteiger partial charge in [-0.3, -0.25) is 0 Å². The van der Waals surface area contributed by atoms with Crippen LogP contribution in [0.1, 0.15) is 56.9 Å². The first-order valence-electron chi connectivity index (χ1n) is 8.71. The van der Waals surface area contributed by atoms with E-state index in [4.69, 9.17) is 4.74 Å². The summed E-state index contributed by atoms with van der Waals surface area (Å²) >= 11 is 0. The van der Waals surface area contributed by atoms with Gasteiger partial charge in [-0.1, -0.05) is 31.9 Å². The van der Waals surface area contributed by atoms with E-state index in [1.165, 1.54) is 44.1 Å². The Morgan fingerprint density at radius 1 is 1.10 bits per heavy atom. The lowest BCUT2D eigenvalue weighted by atomic mass is 9.70. The maximum Gasteiger partial charge on any atom is 0.119 e. The van der Waals surface area contributed by atoms with E-state index in [0.29, 0.717) is 12.0 Å². The summed E-state index contributed by atoms with van der Waals surface area (Å²) in [7, 11) is 2.08. The van der Waals surface area contributed by atoms with Crippen molar-refractivity contribution < 1.29 is 4.74 Å². The first-order chi connectivity index (χ1) is 10.3. The Labute approximate surface area is 129 Å². The van der Waals surface area contributed by atoms with Crippen LogP contribution in [0.15, 0.2) is 24.3 Å². The summed E-state index contributed by atoms with van der Waals surface area (Å²) in [6, 6.07) is 8.98. The molecule has 2 saturated carbocycles. The van der Waals surface area contributed by atoms with E-state index in [-0.39, 0.29) is 0 Å². The first kappa shape index (κ1) is 14.9. The SMILES string of the molecule is CCC1CCC(CNC)C(c2ccc(OC3CC3)cc2)C1. The van der Waals surface area contributed by atoms with Crippen molar-refractivity contribution in [3.05, 3.63) is 29.8 Å². The Hall–Kier alpha value is -1.02. The second kappa shape index (κ2) is 6.83. The molecule has 0 aromatic heterocycles. The molecule has 0 radical (unpaired) electrons. The fraction of sp³-hybridized carbons (Fsp3) is 0.684. The molecule has 2 aliphatic carbocycles. The van der Waals surface area contributed by atoms with Crippen molar-refractivity contribution in [1.82, 2.24) is 5.32 Å². The molecule has 116 valence electrons. The van der Waals surface area contributed by atoms with E-state index in [2.05, 4.69) is 43.6 Å². The van der Waals surface area contributed by atoms with Crippen LogP contribution < -0.4 is 10.1 Å². The molecule has 3 unspecified atom stereocenters. The molecular formula is C19H29NO. The molecule has 0 amide bonds. The molecule has 2 heteroatoms. The third-order valence-corrected chi connectivity index (χ3v) is 5.28. The second-order valence-corrected chi connectivity index (χ2v) is 6.90. The van der Waals surface area contributed by atoms with Crippen molar-refractivity contribution in [1.29, 1.82) is 0 Å². The second-order valence-electron chi connectivity index (χ2n) is 6.90. The van der Waals surface area contributed by atoms with Crippen molar-refractivity contribution in [3.8, 4) is 5.75 Å². The van der Waals surface area contributed by atoms with Crippen molar-refractivity contribution in [3.63, 3.8) is 0 Å². The zero-order chi connectivity index (χ0) is 14.7. The fourth-order valence-electron chi connectivity index (χ4n) is 3.78. The van der Waals surface area contributed by atoms with Gasteiger partial charge in [0.2, 0.25) is 0 Å². The molecule has 2 nitrogen and oxygen atoms in total. The van der Waals surface area contributed by atoms with Gasteiger partial charge in [0.15, 0.2) is 0 Å². The highest BCUT2D eigenvalue weighted by molar-refractivity contribution is 5.30. The fourth-order valence-corrected chi connectivity index (χ4v) is 3.78. The summed E-state index contributed by atoms with van der Waals surface area (Å²) in [5, 5.41) is 3.39. The predicted molar refractivity (Wildman–Crippen MR) is 87.9 cm³/mol. The summed E-state index contributed by atoms with van der Waals surface area (Å²) in [5.41, 5.74) is 1.51. The predicted octanol–water partition coefficient (Wildman–Crippen LogP) is 4.36. The number of rotatable bonds is 6. The molecule has 3 rings (SSSR count). The van der Waals surface area contributed by atoms with Crippen LogP contribution in [0.3, 0.4) is 0 Å². The molecule has 0 spiro atoms. The van der Waals surface area contributed by atoms with Gasteiger partial charge in [0.05, 0.1) is 6.10 Å². The lowest BCUT2D eigenvalue weighted by molar-refractivity contribution is 0.228. The highest BCUT2D eigenvalue weighted by Crippen LogP contribution is 2.42. The van der Waals surface area contributed by atoms with E-state index in [1.54, 1.807) is 0 Å². The van der Waals surface area contributed by atoms with Crippen molar-refractivity contribution in [2.45, 2.75) is 57.5 Å². The molecule has 0 aliphatic heterocycles. The van der Waals surface area contributed by atoms with Crippen LogP contribution in [0.2, 0.25) is 0 Å². The Kier molecular flexibility index (Phi) is 4.84. The van der Waals surface area contributed by atoms with Crippen LogP contribution in [0.25, 0.3) is 0 Å². The summed E-state index contributed by atoms with van der Waals surface area (Å²) in [5.74, 6) is 3.46. The summed E-state index contributed by atoms with van der Waals surface area (Å²) < 4.78 is 5.87. The first-order valence-corrected chi connectivity index (χ1v) is 8.71. The molecule has 0 heterocycles. The average molecular weight is 287 g/mol. The lowest BCUT2D eigenvalue weighted by Gasteiger charge is -2.36. The average Bonchev–Trinajstić information content (AvgIpc) is 3.33. The molecule has 1 N–H and O–H groups in total. The van der Waals surface area contributed by atoms with E-state index in [9.17, 15) is 0 Å². The van der Waals surface area contributed by atoms with Crippen molar-refractivity contribution in [2.24, 2.45) is 11.8 Å². The molecule has 1 aromatic carbocycles. The Balaban J connectivity index is 1.70. The third-order valence-electron chi connectivity index (χ3n) is 5.28. The van der Waals surface area contributed by atoms with Crippen molar-refractivity contribution in [2.75, 3.05) is 13.6 Å². The maximum atomic E-state index is 5.87. The van der Waals surface area contributed by atoms with E-state index >= 15 is 0 Å². The van der Waals surface area contributed by atoms with Gasteiger partial charge in [0, 0.05) is 0 Å². The number of ether oxygens (including phenoxy) is 1. The minimum atomic E-state index is 0.493. The van der Waals surface area contributed by atoms with Crippen LogP contribution in [0.4, 0.5) is 0 Å². The lowest BCUT2D eigenvalue weighted by Crippen LogP contribution is -2.30. The standard InChI is InChI=1S/C19H29NO/c1-3-14-4-5-16(13-20-2)19(12-14)15-6-8-17(9-7-15)21-18-10-11-18/h6-9,14,16,18-20H,3-5,10-13H2,1-2H3. The zero-order valence-corrected chi connectivity index (χ0v) is 13.5. The Morgan fingerprint density at radius 3 is 2.48 bits per heavy atom. The highest BCUT2D eigenvalue weighted by Gasteiger charge is 2.30. The molecule has 21 heavy (non-hydrogen) atoms. The smallest absolute Gasteiger partial charge is 0.119 e. The van der Waals surface area contributed by atoms with Gasteiger partial charge in [-0.2, -0.15) is 0 Å².